The average Bonchev–Trinajstić information content (AvgIpc) is 2.20. The van der Waals surface area contributed by atoms with Crippen LogP contribution in [0, 0.1) is 13.8 Å². The van der Waals surface area contributed by atoms with Crippen LogP contribution in [0.2, 0.25) is 5.02 Å². The minimum absolute atomic E-state index is 0.198. The Balaban J connectivity index is 2.62. The summed E-state index contributed by atoms with van der Waals surface area (Å²) in [5.74, 6) is 0.198. The lowest BCUT2D eigenvalue weighted by molar-refractivity contribution is 0.475. The first-order valence-electron chi connectivity index (χ1n) is 5.13. The summed E-state index contributed by atoms with van der Waals surface area (Å²) in [6.07, 6.45) is 0. The Labute approximate surface area is 100 Å². The molecule has 16 heavy (non-hydrogen) atoms. The van der Waals surface area contributed by atoms with Crippen LogP contribution in [0.15, 0.2) is 36.4 Å². The zero-order valence-corrected chi connectivity index (χ0v) is 10.0. The first-order valence-corrected chi connectivity index (χ1v) is 5.51. The van der Waals surface area contributed by atoms with E-state index < -0.39 is 0 Å². The molecule has 0 fully saturated rings. The quantitative estimate of drug-likeness (QED) is 0.776. The Bertz CT molecular complexity index is 512. The van der Waals surface area contributed by atoms with E-state index in [1.54, 1.807) is 6.07 Å². The molecular weight excluding hydrogens is 220 g/mol. The second-order valence-corrected chi connectivity index (χ2v) is 4.45. The molecule has 0 bridgehead atoms. The highest BCUT2D eigenvalue weighted by atomic mass is 35.5. The topological polar surface area (TPSA) is 20.2 Å². The second-order valence-electron chi connectivity index (χ2n) is 4.02. The number of hydrogen-bond donors (Lipinski definition) is 1. The molecule has 0 saturated heterocycles. The van der Waals surface area contributed by atoms with Crippen LogP contribution in [-0.4, -0.2) is 5.11 Å². The smallest absolute Gasteiger partial charge is 0.117 e. The van der Waals surface area contributed by atoms with Crippen molar-refractivity contribution in [1.29, 1.82) is 0 Å². The van der Waals surface area contributed by atoms with E-state index in [0.29, 0.717) is 5.02 Å². The van der Waals surface area contributed by atoms with Crippen LogP contribution in [0.3, 0.4) is 0 Å². The third-order valence-electron chi connectivity index (χ3n) is 2.59. The van der Waals surface area contributed by atoms with Gasteiger partial charge in [0, 0.05) is 5.02 Å². The van der Waals surface area contributed by atoms with Crippen molar-refractivity contribution in [2.45, 2.75) is 13.8 Å². The van der Waals surface area contributed by atoms with Crippen LogP contribution < -0.4 is 0 Å². The molecule has 2 heteroatoms. The molecule has 0 amide bonds. The predicted octanol–water partition coefficient (Wildman–Crippen LogP) is 4.33. The summed E-state index contributed by atoms with van der Waals surface area (Å²) in [6.45, 7) is 4.10. The maximum atomic E-state index is 9.53. The minimum Gasteiger partial charge on any atom is -0.508 e. The highest BCUT2D eigenvalue weighted by Gasteiger charge is 2.04. The van der Waals surface area contributed by atoms with Crippen LogP contribution in [0.1, 0.15) is 11.1 Å². The molecular formula is C14H13ClO. The largest absolute Gasteiger partial charge is 0.508 e. The third kappa shape index (κ3) is 2.20. The van der Waals surface area contributed by atoms with Crippen LogP contribution in [0.5, 0.6) is 5.75 Å². The monoisotopic (exact) mass is 232 g/mol. The van der Waals surface area contributed by atoms with E-state index in [9.17, 15) is 5.11 Å². The van der Waals surface area contributed by atoms with Crippen molar-refractivity contribution in [2.75, 3.05) is 0 Å². The van der Waals surface area contributed by atoms with Crippen molar-refractivity contribution >= 4 is 11.6 Å². The van der Waals surface area contributed by atoms with Gasteiger partial charge in [0.05, 0.1) is 0 Å². The molecule has 2 aromatic rings. The van der Waals surface area contributed by atoms with Gasteiger partial charge in [-0.2, -0.15) is 0 Å². The number of rotatable bonds is 1. The van der Waals surface area contributed by atoms with Crippen molar-refractivity contribution in [1.82, 2.24) is 0 Å². The Kier molecular flexibility index (Phi) is 2.88. The first kappa shape index (κ1) is 11.0. The third-order valence-corrected chi connectivity index (χ3v) is 2.80. The fourth-order valence-corrected chi connectivity index (χ4v) is 2.01. The lowest BCUT2D eigenvalue weighted by atomic mass is 9.98. The number of aryl methyl sites for hydroxylation is 2. The Morgan fingerprint density at radius 3 is 2.44 bits per heavy atom. The number of hydrogen-bond acceptors (Lipinski definition) is 1. The second kappa shape index (κ2) is 4.18. The normalized spacial score (nSPS) is 10.4. The summed E-state index contributed by atoms with van der Waals surface area (Å²) in [7, 11) is 0. The molecule has 0 aromatic heterocycles. The van der Waals surface area contributed by atoms with Gasteiger partial charge < -0.3 is 5.11 Å². The summed E-state index contributed by atoms with van der Waals surface area (Å²) in [5.41, 5.74) is 4.43. The number of phenolic OH excluding ortho intramolecular Hbond substituents is 1. The molecule has 0 unspecified atom stereocenters. The summed E-state index contributed by atoms with van der Waals surface area (Å²) in [5, 5.41) is 10.1. The van der Waals surface area contributed by atoms with E-state index in [4.69, 9.17) is 11.6 Å². The molecule has 0 aliphatic carbocycles. The number of aromatic hydroxyl groups is 1. The molecule has 1 N–H and O–H groups in total. The Morgan fingerprint density at radius 2 is 1.75 bits per heavy atom. The van der Waals surface area contributed by atoms with E-state index >= 15 is 0 Å². The lowest BCUT2D eigenvalue weighted by Gasteiger charge is -2.08. The van der Waals surface area contributed by atoms with Gasteiger partial charge in [0.2, 0.25) is 0 Å². The van der Waals surface area contributed by atoms with Crippen LogP contribution >= 0.6 is 11.6 Å². The number of benzene rings is 2. The fourth-order valence-electron chi connectivity index (χ4n) is 1.78. The van der Waals surface area contributed by atoms with E-state index in [2.05, 4.69) is 18.2 Å². The highest BCUT2D eigenvalue weighted by Crippen LogP contribution is 2.30. The standard InChI is InChI=1S/C14H13ClO/c1-9-3-4-10(2)14(5-9)11-6-12(15)8-13(16)7-11/h3-8,16H,1-2H3. The van der Waals surface area contributed by atoms with Crippen molar-refractivity contribution in [2.24, 2.45) is 0 Å². The Hall–Kier alpha value is -1.47. The van der Waals surface area contributed by atoms with Crippen molar-refractivity contribution in [3.05, 3.63) is 52.5 Å². The van der Waals surface area contributed by atoms with Crippen LogP contribution in [-0.2, 0) is 0 Å². The van der Waals surface area contributed by atoms with Crippen LogP contribution in [0.4, 0.5) is 0 Å². The van der Waals surface area contributed by atoms with Crippen LogP contribution in [0.25, 0.3) is 11.1 Å². The zero-order chi connectivity index (χ0) is 11.7. The lowest BCUT2D eigenvalue weighted by Crippen LogP contribution is -1.85. The van der Waals surface area contributed by atoms with Gasteiger partial charge in [-0.25, -0.2) is 0 Å². The summed E-state index contributed by atoms with van der Waals surface area (Å²) < 4.78 is 0. The fraction of sp³-hybridized carbons (Fsp3) is 0.143. The predicted molar refractivity (Wildman–Crippen MR) is 68.0 cm³/mol. The summed E-state index contributed by atoms with van der Waals surface area (Å²) in [6, 6.07) is 11.4. The minimum atomic E-state index is 0.198. The van der Waals surface area contributed by atoms with Gasteiger partial charge in [0.1, 0.15) is 5.75 Å². The van der Waals surface area contributed by atoms with Gasteiger partial charge in [-0.3, -0.25) is 0 Å². The highest BCUT2D eigenvalue weighted by molar-refractivity contribution is 6.31. The van der Waals surface area contributed by atoms with Crippen molar-refractivity contribution in [3.63, 3.8) is 0 Å². The van der Waals surface area contributed by atoms with E-state index in [1.165, 1.54) is 17.2 Å². The Morgan fingerprint density at radius 1 is 1.00 bits per heavy atom. The van der Waals surface area contributed by atoms with Gasteiger partial charge in [0.25, 0.3) is 0 Å². The van der Waals surface area contributed by atoms with Crippen molar-refractivity contribution in [3.8, 4) is 16.9 Å². The molecule has 2 aromatic carbocycles. The summed E-state index contributed by atoms with van der Waals surface area (Å²) in [4.78, 5) is 0. The maximum Gasteiger partial charge on any atom is 0.117 e. The molecule has 0 atom stereocenters. The molecule has 0 aliphatic rings. The molecule has 1 nitrogen and oxygen atoms in total. The molecule has 0 radical (unpaired) electrons. The van der Waals surface area contributed by atoms with Gasteiger partial charge >= 0.3 is 0 Å². The molecule has 2 rings (SSSR count). The van der Waals surface area contributed by atoms with Crippen molar-refractivity contribution < 1.29 is 5.11 Å². The number of phenols is 1. The molecule has 0 aliphatic heterocycles. The van der Waals surface area contributed by atoms with Gasteiger partial charge in [-0.15, -0.1) is 0 Å². The maximum absolute atomic E-state index is 9.53. The van der Waals surface area contributed by atoms with E-state index in [0.717, 1.165) is 11.1 Å². The van der Waals surface area contributed by atoms with Gasteiger partial charge in [-0.1, -0.05) is 35.4 Å². The average molecular weight is 233 g/mol. The van der Waals surface area contributed by atoms with E-state index in [1.807, 2.05) is 19.9 Å². The molecule has 0 heterocycles. The van der Waals surface area contributed by atoms with Gasteiger partial charge in [-0.05, 0) is 48.7 Å². The number of halogens is 1. The van der Waals surface area contributed by atoms with E-state index in [-0.39, 0.29) is 5.75 Å². The summed E-state index contributed by atoms with van der Waals surface area (Å²) >= 11 is 5.93. The molecule has 0 spiro atoms. The SMILES string of the molecule is Cc1ccc(C)c(-c2cc(O)cc(Cl)c2)c1. The molecule has 0 saturated carbocycles. The van der Waals surface area contributed by atoms with Gasteiger partial charge in [0.15, 0.2) is 0 Å². The molecule has 82 valence electrons. The first-order chi connectivity index (χ1) is 7.56. The zero-order valence-electron chi connectivity index (χ0n) is 9.29.